The molecule has 1 heterocycles. The second kappa shape index (κ2) is 5.29. The Balaban J connectivity index is 2.22. The quantitative estimate of drug-likeness (QED) is 0.884. The van der Waals surface area contributed by atoms with Gasteiger partial charge in [-0.25, -0.2) is 0 Å². The zero-order chi connectivity index (χ0) is 13.2. The molecule has 0 spiro atoms. The Labute approximate surface area is 110 Å². The first kappa shape index (κ1) is 13.4. The number of ether oxygens (including phenoxy) is 1. The van der Waals surface area contributed by atoms with Crippen molar-refractivity contribution in [3.63, 3.8) is 0 Å². The molecule has 100 valence electrons. The van der Waals surface area contributed by atoms with Crippen LogP contribution in [0.2, 0.25) is 0 Å². The summed E-state index contributed by atoms with van der Waals surface area (Å²) in [6, 6.07) is 8.56. The van der Waals surface area contributed by atoms with Crippen molar-refractivity contribution in [2.45, 2.75) is 31.9 Å². The van der Waals surface area contributed by atoms with E-state index in [1.54, 1.807) is 0 Å². The van der Waals surface area contributed by atoms with Gasteiger partial charge >= 0.3 is 0 Å². The molecule has 1 aromatic rings. The molecule has 3 nitrogen and oxygen atoms in total. The monoisotopic (exact) mass is 248 g/mol. The second-order valence-corrected chi connectivity index (χ2v) is 5.54. The smallest absolute Gasteiger partial charge is 0.119 e. The van der Waals surface area contributed by atoms with E-state index in [1.165, 1.54) is 5.56 Å². The summed E-state index contributed by atoms with van der Waals surface area (Å²) in [4.78, 5) is 2.32. The van der Waals surface area contributed by atoms with Crippen LogP contribution in [0.3, 0.4) is 0 Å². The van der Waals surface area contributed by atoms with Crippen molar-refractivity contribution in [2.24, 2.45) is 0 Å². The van der Waals surface area contributed by atoms with Gasteiger partial charge in [0.2, 0.25) is 0 Å². The standard InChI is InChI=1S/C15H24N2O/c1-12(2)18-14-7-5-13(6-8-14)15(17(3)4)9-10-16-11-15/h5-8,12,16H,9-11H2,1-4H3. The van der Waals surface area contributed by atoms with Crippen molar-refractivity contribution >= 4 is 0 Å². The van der Waals surface area contributed by atoms with Gasteiger partial charge in [0, 0.05) is 6.54 Å². The fourth-order valence-electron chi connectivity index (χ4n) is 2.68. The maximum absolute atomic E-state index is 5.70. The molecular weight excluding hydrogens is 224 g/mol. The maximum Gasteiger partial charge on any atom is 0.119 e. The first-order valence-electron chi connectivity index (χ1n) is 6.70. The van der Waals surface area contributed by atoms with E-state index < -0.39 is 0 Å². The van der Waals surface area contributed by atoms with E-state index >= 15 is 0 Å². The Bertz CT molecular complexity index is 378. The summed E-state index contributed by atoms with van der Waals surface area (Å²) < 4.78 is 5.70. The lowest BCUT2D eigenvalue weighted by molar-refractivity contribution is 0.174. The van der Waals surface area contributed by atoms with E-state index in [0.29, 0.717) is 0 Å². The fraction of sp³-hybridized carbons (Fsp3) is 0.600. The minimum atomic E-state index is 0.135. The lowest BCUT2D eigenvalue weighted by atomic mass is 9.88. The van der Waals surface area contributed by atoms with Gasteiger partial charge in [0.05, 0.1) is 11.6 Å². The highest BCUT2D eigenvalue weighted by Gasteiger charge is 2.37. The van der Waals surface area contributed by atoms with Gasteiger partial charge in [-0.15, -0.1) is 0 Å². The summed E-state index contributed by atoms with van der Waals surface area (Å²) in [5.41, 5.74) is 1.50. The minimum Gasteiger partial charge on any atom is -0.491 e. The SMILES string of the molecule is CC(C)Oc1ccc(C2(N(C)C)CCNC2)cc1. The molecule has 0 amide bonds. The number of hydrogen-bond acceptors (Lipinski definition) is 3. The van der Waals surface area contributed by atoms with Crippen LogP contribution in [0, 0.1) is 0 Å². The van der Waals surface area contributed by atoms with E-state index in [-0.39, 0.29) is 11.6 Å². The minimum absolute atomic E-state index is 0.135. The molecule has 0 saturated carbocycles. The first-order chi connectivity index (χ1) is 8.54. The topological polar surface area (TPSA) is 24.5 Å². The molecule has 0 bridgehead atoms. The molecule has 0 radical (unpaired) electrons. The summed E-state index contributed by atoms with van der Waals surface area (Å²) in [7, 11) is 4.32. The number of likely N-dealkylation sites (N-methyl/N-ethyl adjacent to an activating group) is 1. The molecule has 1 aliphatic rings. The van der Waals surface area contributed by atoms with Crippen molar-refractivity contribution in [1.82, 2.24) is 10.2 Å². The van der Waals surface area contributed by atoms with Crippen LogP contribution >= 0.6 is 0 Å². The van der Waals surface area contributed by atoms with Gasteiger partial charge in [0.15, 0.2) is 0 Å². The van der Waals surface area contributed by atoms with Crippen molar-refractivity contribution in [3.8, 4) is 5.75 Å². The molecule has 1 fully saturated rings. The van der Waals surface area contributed by atoms with E-state index in [2.05, 4.69) is 62.4 Å². The molecule has 2 rings (SSSR count). The lowest BCUT2D eigenvalue weighted by Crippen LogP contribution is -2.43. The van der Waals surface area contributed by atoms with Gasteiger partial charge < -0.3 is 10.1 Å². The van der Waals surface area contributed by atoms with Crippen LogP contribution in [-0.4, -0.2) is 38.2 Å². The molecule has 1 N–H and O–H groups in total. The van der Waals surface area contributed by atoms with Gasteiger partial charge in [-0.2, -0.15) is 0 Å². The van der Waals surface area contributed by atoms with Crippen molar-refractivity contribution in [1.29, 1.82) is 0 Å². The predicted octanol–water partition coefficient (Wildman–Crippen LogP) is 2.22. The van der Waals surface area contributed by atoms with Crippen molar-refractivity contribution in [3.05, 3.63) is 29.8 Å². The third kappa shape index (κ3) is 2.52. The highest BCUT2D eigenvalue weighted by molar-refractivity contribution is 5.33. The molecule has 0 aliphatic carbocycles. The van der Waals surface area contributed by atoms with Crippen LogP contribution in [0.15, 0.2) is 24.3 Å². The van der Waals surface area contributed by atoms with Crippen molar-refractivity contribution in [2.75, 3.05) is 27.2 Å². The summed E-state index contributed by atoms with van der Waals surface area (Å²) in [5, 5.41) is 3.47. The Kier molecular flexibility index (Phi) is 3.93. The summed E-state index contributed by atoms with van der Waals surface area (Å²) in [5.74, 6) is 0.952. The van der Waals surface area contributed by atoms with Gasteiger partial charge in [0.1, 0.15) is 5.75 Å². The van der Waals surface area contributed by atoms with Crippen LogP contribution in [-0.2, 0) is 5.54 Å². The Morgan fingerprint density at radius 2 is 1.89 bits per heavy atom. The molecule has 1 unspecified atom stereocenters. The van der Waals surface area contributed by atoms with Crippen LogP contribution in [0.25, 0.3) is 0 Å². The Hall–Kier alpha value is -1.06. The molecule has 18 heavy (non-hydrogen) atoms. The van der Waals surface area contributed by atoms with E-state index in [1.807, 2.05) is 0 Å². The molecule has 1 saturated heterocycles. The van der Waals surface area contributed by atoms with Gasteiger partial charge in [-0.3, -0.25) is 4.90 Å². The third-order valence-electron chi connectivity index (χ3n) is 3.75. The normalized spacial score (nSPS) is 23.9. The zero-order valence-electron chi connectivity index (χ0n) is 11.9. The van der Waals surface area contributed by atoms with Crippen LogP contribution in [0.4, 0.5) is 0 Å². The highest BCUT2D eigenvalue weighted by Crippen LogP contribution is 2.33. The van der Waals surface area contributed by atoms with Gasteiger partial charge in [0.25, 0.3) is 0 Å². The number of nitrogens with one attached hydrogen (secondary N) is 1. The molecule has 3 heteroatoms. The Morgan fingerprint density at radius 1 is 1.22 bits per heavy atom. The highest BCUT2D eigenvalue weighted by atomic mass is 16.5. The first-order valence-corrected chi connectivity index (χ1v) is 6.70. The van der Waals surface area contributed by atoms with Gasteiger partial charge in [-0.05, 0) is 58.6 Å². The van der Waals surface area contributed by atoms with Gasteiger partial charge in [-0.1, -0.05) is 12.1 Å². The second-order valence-electron chi connectivity index (χ2n) is 5.54. The third-order valence-corrected chi connectivity index (χ3v) is 3.75. The average molecular weight is 248 g/mol. The molecule has 0 aromatic heterocycles. The summed E-state index contributed by atoms with van der Waals surface area (Å²) in [6.07, 6.45) is 1.39. The number of rotatable bonds is 4. The fourth-order valence-corrected chi connectivity index (χ4v) is 2.68. The van der Waals surface area contributed by atoms with Crippen LogP contribution < -0.4 is 10.1 Å². The number of nitrogens with zero attached hydrogens (tertiary/aromatic N) is 1. The van der Waals surface area contributed by atoms with Crippen LogP contribution in [0.5, 0.6) is 5.75 Å². The van der Waals surface area contributed by atoms with E-state index in [4.69, 9.17) is 4.74 Å². The largest absolute Gasteiger partial charge is 0.491 e. The molecule has 1 aliphatic heterocycles. The zero-order valence-corrected chi connectivity index (χ0v) is 11.9. The molecular formula is C15H24N2O. The summed E-state index contributed by atoms with van der Waals surface area (Å²) >= 11 is 0. The summed E-state index contributed by atoms with van der Waals surface area (Å²) in [6.45, 7) is 6.21. The van der Waals surface area contributed by atoms with Crippen LogP contribution in [0.1, 0.15) is 25.8 Å². The average Bonchev–Trinajstić information content (AvgIpc) is 2.79. The van der Waals surface area contributed by atoms with E-state index in [0.717, 1.165) is 25.3 Å². The molecule has 1 atom stereocenters. The molecule has 1 aromatic carbocycles. The van der Waals surface area contributed by atoms with Crippen molar-refractivity contribution < 1.29 is 4.74 Å². The predicted molar refractivity (Wildman–Crippen MR) is 75.1 cm³/mol. The lowest BCUT2D eigenvalue weighted by Gasteiger charge is -2.36. The Morgan fingerprint density at radius 3 is 2.33 bits per heavy atom. The van der Waals surface area contributed by atoms with E-state index in [9.17, 15) is 0 Å². The number of hydrogen-bond donors (Lipinski definition) is 1. The maximum atomic E-state index is 5.70. The number of benzene rings is 1.